The van der Waals surface area contributed by atoms with Crippen LogP contribution in [0.25, 0.3) is 0 Å². The van der Waals surface area contributed by atoms with Gasteiger partial charge in [-0.15, -0.1) is 6.58 Å². The van der Waals surface area contributed by atoms with Crippen LogP contribution in [0.4, 0.5) is 0 Å². The van der Waals surface area contributed by atoms with Crippen molar-refractivity contribution in [1.29, 1.82) is 0 Å². The molecule has 6 nitrogen and oxygen atoms in total. The van der Waals surface area contributed by atoms with Crippen molar-refractivity contribution in [2.75, 3.05) is 0 Å². The van der Waals surface area contributed by atoms with E-state index < -0.39 is 0 Å². The van der Waals surface area contributed by atoms with Crippen molar-refractivity contribution in [3.63, 3.8) is 0 Å². The van der Waals surface area contributed by atoms with Gasteiger partial charge in [-0.3, -0.25) is 0 Å². The minimum atomic E-state index is 0. The maximum absolute atomic E-state index is 3.36. The zero-order valence-corrected chi connectivity index (χ0v) is 5.28. The van der Waals surface area contributed by atoms with Gasteiger partial charge >= 0.3 is 0 Å². The normalized spacial score (nSPS) is 1.44. The fourth-order valence-corrected chi connectivity index (χ4v) is 0. The highest BCUT2D eigenvalue weighted by Gasteiger charge is 1.15. The minimum absolute atomic E-state index is 0. The molecule has 0 unspecified atom stereocenters. The highest BCUT2D eigenvalue weighted by molar-refractivity contribution is 4.51. The second-order valence-corrected chi connectivity index (χ2v) is 0.408. The Kier molecular flexibility index (Phi) is 29900. The molecule has 0 amide bonds. The highest BCUT2D eigenvalue weighted by Crippen LogP contribution is 1.38. The molecule has 0 fully saturated rings. The summed E-state index contributed by atoms with van der Waals surface area (Å²) in [4.78, 5) is 0. The summed E-state index contributed by atoms with van der Waals surface area (Å²) in [6.07, 6.45) is 1.75. The standard InChI is InChI=1S/C3H6.6H2O/c1-3-2;;;;;;/h3H,1H2,2H3;6*1H2. The maximum atomic E-state index is 3.36. The first-order valence-electron chi connectivity index (χ1n) is 0.986. The summed E-state index contributed by atoms with van der Waals surface area (Å²) < 4.78 is 0. The molecule has 0 aliphatic rings. The van der Waals surface area contributed by atoms with E-state index in [0.717, 1.165) is 0 Å². The molecule has 0 bridgehead atoms. The number of rotatable bonds is 0. The molecule has 66 valence electrons. The zero-order valence-electron chi connectivity index (χ0n) is 5.28. The van der Waals surface area contributed by atoms with Crippen LogP contribution in [-0.2, 0) is 0 Å². The summed E-state index contributed by atoms with van der Waals surface area (Å²) in [5.41, 5.74) is 0. The maximum Gasteiger partial charge on any atom is -0.0473 e. The molecular formula is C3H18O6. The lowest BCUT2D eigenvalue weighted by Gasteiger charge is -1.31. The summed E-state index contributed by atoms with van der Waals surface area (Å²) >= 11 is 0. The van der Waals surface area contributed by atoms with E-state index in [0.29, 0.717) is 0 Å². The molecule has 0 heterocycles. The van der Waals surface area contributed by atoms with Crippen molar-refractivity contribution >= 4 is 0 Å². The van der Waals surface area contributed by atoms with Gasteiger partial charge in [-0.2, -0.15) is 0 Å². The Bertz CT molecular complexity index is 15.8. The molecule has 0 spiro atoms. The van der Waals surface area contributed by atoms with Gasteiger partial charge in [0.25, 0.3) is 0 Å². The largest absolute Gasteiger partial charge is 0.412 e. The van der Waals surface area contributed by atoms with E-state index in [4.69, 9.17) is 0 Å². The van der Waals surface area contributed by atoms with Gasteiger partial charge in [-0.1, -0.05) is 6.08 Å². The Morgan fingerprint density at radius 2 is 0.778 bits per heavy atom. The van der Waals surface area contributed by atoms with Crippen LogP contribution in [0.3, 0.4) is 0 Å². The smallest absolute Gasteiger partial charge is 0.0473 e. The highest BCUT2D eigenvalue weighted by atomic mass is 16.0. The molecule has 0 aromatic heterocycles. The number of hydrogen-bond acceptors (Lipinski definition) is 0. The van der Waals surface area contributed by atoms with Crippen molar-refractivity contribution in [1.82, 2.24) is 0 Å². The van der Waals surface area contributed by atoms with E-state index in [1.807, 2.05) is 6.92 Å². The summed E-state index contributed by atoms with van der Waals surface area (Å²) in [5.74, 6) is 0. The SMILES string of the molecule is C=CC.O.O.O.O.O.O. The van der Waals surface area contributed by atoms with Gasteiger partial charge in [-0.25, -0.2) is 0 Å². The molecule has 0 aliphatic heterocycles. The van der Waals surface area contributed by atoms with Crippen LogP contribution in [0, 0.1) is 0 Å². The van der Waals surface area contributed by atoms with Crippen LogP contribution in [0.15, 0.2) is 12.7 Å². The van der Waals surface area contributed by atoms with E-state index in [2.05, 4.69) is 6.58 Å². The van der Waals surface area contributed by atoms with Gasteiger partial charge < -0.3 is 32.9 Å². The van der Waals surface area contributed by atoms with Crippen molar-refractivity contribution in [2.45, 2.75) is 6.92 Å². The molecular weight excluding hydrogens is 132 g/mol. The van der Waals surface area contributed by atoms with Gasteiger partial charge in [0.15, 0.2) is 0 Å². The monoisotopic (exact) mass is 150 g/mol. The summed E-state index contributed by atoms with van der Waals surface area (Å²) in [7, 11) is 0. The van der Waals surface area contributed by atoms with Crippen molar-refractivity contribution in [2.24, 2.45) is 0 Å². The van der Waals surface area contributed by atoms with Crippen molar-refractivity contribution in [3.05, 3.63) is 12.7 Å². The molecule has 9 heavy (non-hydrogen) atoms. The van der Waals surface area contributed by atoms with E-state index >= 15 is 0 Å². The quantitative estimate of drug-likeness (QED) is 0.307. The van der Waals surface area contributed by atoms with Gasteiger partial charge in [0.05, 0.1) is 0 Å². The predicted molar refractivity (Wildman–Crippen MR) is 37.6 cm³/mol. The lowest BCUT2D eigenvalue weighted by Crippen LogP contribution is -1.07. The van der Waals surface area contributed by atoms with Crippen LogP contribution < -0.4 is 0 Å². The van der Waals surface area contributed by atoms with Gasteiger partial charge in [0.1, 0.15) is 0 Å². The second kappa shape index (κ2) is 1270. The molecule has 0 saturated heterocycles. The van der Waals surface area contributed by atoms with E-state index in [-0.39, 0.29) is 32.9 Å². The van der Waals surface area contributed by atoms with Crippen LogP contribution in [-0.4, -0.2) is 32.9 Å². The summed E-state index contributed by atoms with van der Waals surface area (Å²) in [6.45, 7) is 5.25. The molecule has 0 saturated carbocycles. The average Bonchev–Trinajstić information content (AvgIpc) is 0.918. The van der Waals surface area contributed by atoms with E-state index in [9.17, 15) is 0 Å². The molecule has 0 aliphatic carbocycles. The van der Waals surface area contributed by atoms with Crippen molar-refractivity contribution in [3.8, 4) is 0 Å². The van der Waals surface area contributed by atoms with Crippen molar-refractivity contribution < 1.29 is 32.9 Å². The molecule has 0 radical (unpaired) electrons. The van der Waals surface area contributed by atoms with Crippen LogP contribution >= 0.6 is 0 Å². The first-order valence-corrected chi connectivity index (χ1v) is 0.986. The third-order valence-electron chi connectivity index (χ3n) is 0. The van der Waals surface area contributed by atoms with Crippen LogP contribution in [0.2, 0.25) is 0 Å². The van der Waals surface area contributed by atoms with E-state index in [1.54, 1.807) is 6.08 Å². The number of hydrogen-bond donors (Lipinski definition) is 0. The predicted octanol–water partition coefficient (Wildman–Crippen LogP) is -3.76. The summed E-state index contributed by atoms with van der Waals surface area (Å²) in [5, 5.41) is 0. The fraction of sp³-hybridized carbons (Fsp3) is 0.333. The first-order chi connectivity index (χ1) is 1.41. The van der Waals surface area contributed by atoms with Gasteiger partial charge in [0.2, 0.25) is 0 Å². The Morgan fingerprint density at radius 3 is 0.778 bits per heavy atom. The average molecular weight is 150 g/mol. The van der Waals surface area contributed by atoms with Crippen LogP contribution in [0.1, 0.15) is 6.92 Å². The molecule has 12 N–H and O–H groups in total. The number of allylic oxidation sites excluding steroid dienone is 1. The Morgan fingerprint density at radius 1 is 0.778 bits per heavy atom. The zero-order chi connectivity index (χ0) is 2.71. The lowest BCUT2D eigenvalue weighted by molar-refractivity contribution is 0.823. The van der Waals surface area contributed by atoms with Gasteiger partial charge in [0, 0.05) is 0 Å². The topological polar surface area (TPSA) is 189 Å². The third-order valence-corrected chi connectivity index (χ3v) is 0. The minimum Gasteiger partial charge on any atom is -0.412 e. The molecule has 0 aromatic carbocycles. The molecule has 0 aromatic rings. The second-order valence-electron chi connectivity index (χ2n) is 0.408. The third kappa shape index (κ3) is 908. The fourth-order valence-electron chi connectivity index (χ4n) is 0. The lowest BCUT2D eigenvalue weighted by atomic mass is 10.8. The first kappa shape index (κ1) is 212. The summed E-state index contributed by atoms with van der Waals surface area (Å²) in [6, 6.07) is 0. The molecule has 0 atom stereocenters. The Hall–Kier alpha value is -0.500. The Labute approximate surface area is 53.7 Å². The van der Waals surface area contributed by atoms with Crippen LogP contribution in [0.5, 0.6) is 0 Å². The Balaban J connectivity index is -0.00000000133. The molecule has 6 heteroatoms. The molecule has 0 rings (SSSR count). The van der Waals surface area contributed by atoms with E-state index in [1.165, 1.54) is 0 Å². The van der Waals surface area contributed by atoms with Gasteiger partial charge in [-0.05, 0) is 6.92 Å².